The fraction of sp³-hybridized carbons (Fsp3) is 0.286. The SMILES string of the molecule is O=C(Cc1noc2ccccc12)NC1CCCN(Cc2ccc(F)cc2F)C1=O. The number of carbonyl (C=O) groups is 2. The number of rotatable bonds is 5. The predicted octanol–water partition coefficient (Wildman–Crippen LogP) is 2.96. The highest BCUT2D eigenvalue weighted by molar-refractivity contribution is 5.90. The van der Waals surface area contributed by atoms with Crippen LogP contribution in [0.5, 0.6) is 0 Å². The highest BCUT2D eigenvalue weighted by atomic mass is 19.1. The number of halogens is 2. The number of nitrogens with one attached hydrogen (secondary N) is 1. The molecule has 2 amide bonds. The zero-order valence-corrected chi connectivity index (χ0v) is 15.5. The average molecular weight is 399 g/mol. The first kappa shape index (κ1) is 19.0. The van der Waals surface area contributed by atoms with Crippen LogP contribution in [0, 0.1) is 11.6 Å². The molecule has 0 bridgehead atoms. The van der Waals surface area contributed by atoms with Gasteiger partial charge in [-0.3, -0.25) is 9.59 Å². The Labute approximate surface area is 165 Å². The fourth-order valence-electron chi connectivity index (χ4n) is 3.55. The summed E-state index contributed by atoms with van der Waals surface area (Å²) < 4.78 is 32.2. The van der Waals surface area contributed by atoms with Gasteiger partial charge >= 0.3 is 0 Å². The normalized spacial score (nSPS) is 17.0. The average Bonchev–Trinajstić information content (AvgIpc) is 3.10. The molecule has 8 heteroatoms. The van der Waals surface area contributed by atoms with E-state index in [0.717, 1.165) is 17.5 Å². The maximum absolute atomic E-state index is 13.9. The molecule has 1 aliphatic heterocycles. The number of hydrogen-bond acceptors (Lipinski definition) is 4. The maximum Gasteiger partial charge on any atom is 0.245 e. The molecular weight excluding hydrogens is 380 g/mol. The van der Waals surface area contributed by atoms with Crippen molar-refractivity contribution in [2.24, 2.45) is 0 Å². The number of piperidine rings is 1. The van der Waals surface area contributed by atoms with Crippen LogP contribution in [-0.4, -0.2) is 34.5 Å². The zero-order chi connectivity index (χ0) is 20.4. The third kappa shape index (κ3) is 4.11. The van der Waals surface area contributed by atoms with Crippen LogP contribution in [0.2, 0.25) is 0 Å². The van der Waals surface area contributed by atoms with E-state index < -0.39 is 17.7 Å². The minimum Gasteiger partial charge on any atom is -0.356 e. The molecule has 29 heavy (non-hydrogen) atoms. The Morgan fingerprint density at radius 1 is 1.24 bits per heavy atom. The monoisotopic (exact) mass is 399 g/mol. The lowest BCUT2D eigenvalue weighted by Crippen LogP contribution is -2.52. The molecule has 2 heterocycles. The number of para-hydroxylation sites is 1. The van der Waals surface area contributed by atoms with Crippen molar-refractivity contribution in [3.8, 4) is 0 Å². The van der Waals surface area contributed by atoms with Crippen LogP contribution in [0.1, 0.15) is 24.1 Å². The van der Waals surface area contributed by atoms with Gasteiger partial charge in [0.05, 0.1) is 6.42 Å². The molecule has 4 rings (SSSR count). The minimum atomic E-state index is -0.693. The summed E-state index contributed by atoms with van der Waals surface area (Å²) in [7, 11) is 0. The van der Waals surface area contributed by atoms with Crippen LogP contribution < -0.4 is 5.32 Å². The lowest BCUT2D eigenvalue weighted by molar-refractivity contribution is -0.139. The van der Waals surface area contributed by atoms with E-state index >= 15 is 0 Å². The number of carbonyl (C=O) groups excluding carboxylic acids is 2. The lowest BCUT2D eigenvalue weighted by atomic mass is 10.0. The Bertz CT molecular complexity index is 1070. The molecule has 1 atom stereocenters. The van der Waals surface area contributed by atoms with Gasteiger partial charge in [0.25, 0.3) is 0 Å². The first-order valence-electron chi connectivity index (χ1n) is 9.36. The Morgan fingerprint density at radius 3 is 2.90 bits per heavy atom. The quantitative estimate of drug-likeness (QED) is 0.716. The van der Waals surface area contributed by atoms with Gasteiger partial charge in [-0.1, -0.05) is 23.4 Å². The van der Waals surface area contributed by atoms with Crippen LogP contribution >= 0.6 is 0 Å². The van der Waals surface area contributed by atoms with E-state index in [2.05, 4.69) is 10.5 Å². The highest BCUT2D eigenvalue weighted by Crippen LogP contribution is 2.20. The zero-order valence-electron chi connectivity index (χ0n) is 15.5. The van der Waals surface area contributed by atoms with Crippen molar-refractivity contribution < 1.29 is 22.9 Å². The van der Waals surface area contributed by atoms with Gasteiger partial charge in [-0.2, -0.15) is 0 Å². The number of benzene rings is 2. The summed E-state index contributed by atoms with van der Waals surface area (Å²) in [6.07, 6.45) is 1.17. The Morgan fingerprint density at radius 2 is 2.07 bits per heavy atom. The fourth-order valence-corrected chi connectivity index (χ4v) is 3.55. The third-order valence-corrected chi connectivity index (χ3v) is 5.02. The van der Waals surface area contributed by atoms with Crippen molar-refractivity contribution in [1.82, 2.24) is 15.4 Å². The molecule has 0 saturated carbocycles. The van der Waals surface area contributed by atoms with Gasteiger partial charge in [-0.25, -0.2) is 8.78 Å². The van der Waals surface area contributed by atoms with Crippen LogP contribution in [0.15, 0.2) is 47.0 Å². The molecule has 0 radical (unpaired) electrons. The van der Waals surface area contributed by atoms with Crippen LogP contribution in [0.25, 0.3) is 11.0 Å². The van der Waals surface area contributed by atoms with Crippen LogP contribution in [0.4, 0.5) is 8.78 Å². The van der Waals surface area contributed by atoms with E-state index in [1.807, 2.05) is 18.2 Å². The van der Waals surface area contributed by atoms with Gasteiger partial charge in [-0.05, 0) is 31.0 Å². The summed E-state index contributed by atoms with van der Waals surface area (Å²) in [5, 5.41) is 7.43. The van der Waals surface area contributed by atoms with Gasteiger partial charge in [0, 0.05) is 30.1 Å². The van der Waals surface area contributed by atoms with Crippen molar-refractivity contribution in [3.05, 3.63) is 65.4 Å². The van der Waals surface area contributed by atoms with E-state index in [1.165, 1.54) is 11.0 Å². The summed E-state index contributed by atoms with van der Waals surface area (Å²) in [5.74, 6) is -1.97. The van der Waals surface area contributed by atoms with Crippen molar-refractivity contribution in [2.45, 2.75) is 31.8 Å². The van der Waals surface area contributed by atoms with E-state index in [9.17, 15) is 18.4 Å². The first-order valence-corrected chi connectivity index (χ1v) is 9.36. The van der Waals surface area contributed by atoms with Crippen LogP contribution in [0.3, 0.4) is 0 Å². The summed E-state index contributed by atoms with van der Waals surface area (Å²) >= 11 is 0. The summed E-state index contributed by atoms with van der Waals surface area (Å²) in [6.45, 7) is 0.487. The molecule has 150 valence electrons. The van der Waals surface area contributed by atoms with Gasteiger partial charge in [0.2, 0.25) is 11.8 Å². The van der Waals surface area contributed by atoms with E-state index in [1.54, 1.807) is 6.07 Å². The summed E-state index contributed by atoms with van der Waals surface area (Å²) in [6, 6.07) is 9.84. The second-order valence-corrected chi connectivity index (χ2v) is 7.06. The molecule has 0 aliphatic carbocycles. The number of amides is 2. The van der Waals surface area contributed by atoms with E-state index in [4.69, 9.17) is 4.52 Å². The van der Waals surface area contributed by atoms with Gasteiger partial charge in [-0.15, -0.1) is 0 Å². The molecule has 1 aliphatic rings. The Hall–Kier alpha value is -3.29. The van der Waals surface area contributed by atoms with Gasteiger partial charge in [0.15, 0.2) is 5.58 Å². The largest absolute Gasteiger partial charge is 0.356 e. The molecule has 2 aromatic carbocycles. The number of aromatic nitrogens is 1. The second kappa shape index (κ2) is 7.98. The molecular formula is C21H19F2N3O3. The first-order chi connectivity index (χ1) is 14.0. The smallest absolute Gasteiger partial charge is 0.245 e. The summed E-state index contributed by atoms with van der Waals surface area (Å²) in [5.41, 5.74) is 1.34. The van der Waals surface area contributed by atoms with Crippen molar-refractivity contribution >= 4 is 22.8 Å². The highest BCUT2D eigenvalue weighted by Gasteiger charge is 2.30. The topological polar surface area (TPSA) is 75.4 Å². The Balaban J connectivity index is 1.40. The van der Waals surface area contributed by atoms with Crippen molar-refractivity contribution in [1.29, 1.82) is 0 Å². The minimum absolute atomic E-state index is 0.00656. The molecule has 0 spiro atoms. The van der Waals surface area contributed by atoms with E-state index in [0.29, 0.717) is 30.7 Å². The molecule has 1 aromatic heterocycles. The predicted molar refractivity (Wildman–Crippen MR) is 101 cm³/mol. The molecule has 3 aromatic rings. The van der Waals surface area contributed by atoms with Gasteiger partial charge in [0.1, 0.15) is 23.4 Å². The molecule has 1 saturated heterocycles. The number of likely N-dealkylation sites (tertiary alicyclic amines) is 1. The molecule has 6 nitrogen and oxygen atoms in total. The lowest BCUT2D eigenvalue weighted by Gasteiger charge is -2.32. The number of hydrogen-bond donors (Lipinski definition) is 1. The number of fused-ring (bicyclic) bond motifs is 1. The second-order valence-electron chi connectivity index (χ2n) is 7.06. The van der Waals surface area contributed by atoms with E-state index in [-0.39, 0.29) is 30.3 Å². The third-order valence-electron chi connectivity index (χ3n) is 5.02. The Kier molecular flexibility index (Phi) is 5.24. The number of nitrogens with zero attached hydrogens (tertiary/aromatic N) is 2. The molecule has 1 unspecified atom stereocenters. The van der Waals surface area contributed by atoms with Crippen LogP contribution in [-0.2, 0) is 22.6 Å². The van der Waals surface area contributed by atoms with Gasteiger partial charge < -0.3 is 14.7 Å². The molecule has 1 fully saturated rings. The van der Waals surface area contributed by atoms with Crippen molar-refractivity contribution in [2.75, 3.05) is 6.54 Å². The summed E-state index contributed by atoms with van der Waals surface area (Å²) in [4.78, 5) is 26.7. The molecule has 1 N–H and O–H groups in total. The van der Waals surface area contributed by atoms with Crippen molar-refractivity contribution in [3.63, 3.8) is 0 Å². The standard InChI is InChI=1S/C21H19F2N3O3/c22-14-8-7-13(16(23)10-14)12-26-9-3-5-17(21(26)28)24-20(27)11-18-15-4-1-2-6-19(15)29-25-18/h1-2,4,6-8,10,17H,3,5,9,11-12H2,(H,24,27). The maximum atomic E-state index is 13.9.